The Bertz CT molecular complexity index is 1480. The third-order valence-electron chi connectivity index (χ3n) is 7.12. The Balaban J connectivity index is 1.47. The molecule has 14 heteroatoms. The normalized spacial score (nSPS) is 22.5. The van der Waals surface area contributed by atoms with Gasteiger partial charge < -0.3 is 30.7 Å². The second-order valence-electron chi connectivity index (χ2n) is 10.1. The fourth-order valence-corrected chi connectivity index (χ4v) is 6.02. The van der Waals surface area contributed by atoms with E-state index in [9.17, 15) is 28.5 Å². The van der Waals surface area contributed by atoms with Gasteiger partial charge in [0.1, 0.15) is 28.2 Å². The molecule has 6 atom stereocenters. The number of rotatable bonds is 8. The zero-order valence-electron chi connectivity index (χ0n) is 22.3. The van der Waals surface area contributed by atoms with Crippen LogP contribution in [0.5, 0.6) is 5.75 Å². The van der Waals surface area contributed by atoms with Gasteiger partial charge >= 0.3 is 6.36 Å². The molecule has 218 valence electrons. The molecule has 5 N–H and O–H groups in total. The second-order valence-corrected chi connectivity index (χ2v) is 11.1. The maximum atomic E-state index is 12.5. The van der Waals surface area contributed by atoms with Crippen molar-refractivity contribution in [3.05, 3.63) is 54.0 Å². The summed E-state index contributed by atoms with van der Waals surface area (Å²) in [5, 5.41) is 38.4. The van der Waals surface area contributed by atoms with Crippen molar-refractivity contribution in [3.63, 3.8) is 0 Å². The van der Waals surface area contributed by atoms with Crippen molar-refractivity contribution in [1.29, 1.82) is 0 Å². The highest BCUT2D eigenvalue weighted by molar-refractivity contribution is 7.21. The quantitative estimate of drug-likeness (QED) is 0.200. The number of alkyl halides is 3. The van der Waals surface area contributed by atoms with Crippen molar-refractivity contribution < 1.29 is 33.2 Å². The predicted molar refractivity (Wildman–Crippen MR) is 148 cm³/mol. The van der Waals surface area contributed by atoms with E-state index >= 15 is 0 Å². The number of anilines is 2. The first-order chi connectivity index (χ1) is 19.4. The summed E-state index contributed by atoms with van der Waals surface area (Å²) in [5.41, 5.74) is 2.57. The van der Waals surface area contributed by atoms with Gasteiger partial charge in [0.05, 0.1) is 46.4 Å². The topological polar surface area (TPSA) is 146 Å². The molecular formula is C27H29F3N6O4S. The molecule has 1 aliphatic rings. The van der Waals surface area contributed by atoms with Gasteiger partial charge in [-0.05, 0) is 51.0 Å². The minimum Gasteiger partial charge on any atom is -0.406 e. The van der Waals surface area contributed by atoms with Crippen LogP contribution in [0.1, 0.15) is 37.6 Å². The van der Waals surface area contributed by atoms with Crippen LogP contribution in [0.3, 0.4) is 0 Å². The highest BCUT2D eigenvalue weighted by Gasteiger charge is 2.44. The van der Waals surface area contributed by atoms with Crippen LogP contribution in [0.4, 0.5) is 24.9 Å². The molecule has 1 saturated carbocycles. The maximum Gasteiger partial charge on any atom is 0.573 e. The van der Waals surface area contributed by atoms with E-state index in [0.717, 1.165) is 4.70 Å². The number of pyridine rings is 1. The molecule has 41 heavy (non-hydrogen) atoms. The zero-order valence-corrected chi connectivity index (χ0v) is 23.1. The van der Waals surface area contributed by atoms with Gasteiger partial charge in [0.2, 0.25) is 5.95 Å². The average molecular weight is 591 g/mol. The number of hydrogen-bond acceptors (Lipinski definition) is 11. The van der Waals surface area contributed by atoms with Crippen LogP contribution < -0.4 is 15.4 Å². The first kappa shape index (κ1) is 28.9. The van der Waals surface area contributed by atoms with Gasteiger partial charge in [0.15, 0.2) is 0 Å². The van der Waals surface area contributed by atoms with Gasteiger partial charge in [-0.25, -0.2) is 9.97 Å². The van der Waals surface area contributed by atoms with Crippen molar-refractivity contribution in [2.45, 2.75) is 63.9 Å². The van der Waals surface area contributed by atoms with E-state index in [2.05, 4.69) is 25.3 Å². The summed E-state index contributed by atoms with van der Waals surface area (Å²) in [4.78, 5) is 18.1. The Hall–Kier alpha value is -3.59. The Morgan fingerprint density at radius 2 is 1.78 bits per heavy atom. The molecule has 5 rings (SSSR count). The first-order valence-corrected chi connectivity index (χ1v) is 13.7. The molecule has 10 nitrogen and oxygen atoms in total. The summed E-state index contributed by atoms with van der Waals surface area (Å²) in [5.74, 6) is -0.241. The van der Waals surface area contributed by atoms with E-state index in [1.165, 1.54) is 35.6 Å². The van der Waals surface area contributed by atoms with Gasteiger partial charge in [0, 0.05) is 12.1 Å². The molecule has 0 spiro atoms. The Kier molecular flexibility index (Phi) is 8.01. The van der Waals surface area contributed by atoms with Crippen molar-refractivity contribution >= 4 is 33.3 Å². The molecule has 1 fully saturated rings. The van der Waals surface area contributed by atoms with Gasteiger partial charge in [-0.15, -0.1) is 24.5 Å². The lowest BCUT2D eigenvalue weighted by atomic mass is 10.00. The van der Waals surface area contributed by atoms with Crippen LogP contribution in [0.25, 0.3) is 20.8 Å². The number of fused-ring (bicyclic) bond motifs is 1. The van der Waals surface area contributed by atoms with Crippen LogP contribution >= 0.6 is 11.3 Å². The number of aryl methyl sites for hydroxylation is 1. The number of aliphatic hydroxyl groups excluding tert-OH is 3. The maximum absolute atomic E-state index is 12.5. The molecule has 0 aliphatic heterocycles. The molecule has 0 bridgehead atoms. The lowest BCUT2D eigenvalue weighted by Gasteiger charge is -2.22. The Morgan fingerprint density at radius 3 is 2.41 bits per heavy atom. The number of nitrogens with zero attached hydrogens (tertiary/aromatic N) is 4. The van der Waals surface area contributed by atoms with E-state index in [-0.39, 0.29) is 17.7 Å². The van der Waals surface area contributed by atoms with Gasteiger partial charge in [-0.2, -0.15) is 4.98 Å². The standard InChI is InChI=1S/C27H29F3N6O4S/c1-12(15-4-6-16(7-5-15)40-27(28,29)30)32-26-33-13(2)21(25-35-19-11-31-9-8-20(19)41-25)24(36-26)34-18-10-17(14(3)37)22(38)23(18)39/h4-9,11-12,14,17-18,22-23,37-39H,10H2,1-3H3,(H2,32,33,34,36)/t12-,14?,17-,18-,22-,23+/m1/s1. The number of aromatic nitrogens is 4. The predicted octanol–water partition coefficient (Wildman–Crippen LogP) is 4.43. The van der Waals surface area contributed by atoms with Gasteiger partial charge in [-0.3, -0.25) is 4.98 Å². The second kappa shape index (κ2) is 11.4. The number of aliphatic hydroxyl groups is 3. The third kappa shape index (κ3) is 6.35. The van der Waals surface area contributed by atoms with Crippen molar-refractivity contribution in [1.82, 2.24) is 19.9 Å². The molecule has 0 radical (unpaired) electrons. The number of nitrogens with one attached hydrogen (secondary N) is 2. The fraction of sp³-hybridized carbons (Fsp3) is 0.407. The van der Waals surface area contributed by atoms with Crippen LogP contribution in [0.2, 0.25) is 0 Å². The molecule has 0 amide bonds. The van der Waals surface area contributed by atoms with Crippen molar-refractivity contribution in [2.75, 3.05) is 10.6 Å². The molecule has 3 heterocycles. The third-order valence-corrected chi connectivity index (χ3v) is 8.18. The Labute approximate surface area is 237 Å². The average Bonchev–Trinajstić information content (AvgIpc) is 3.44. The molecule has 1 aromatic carbocycles. The largest absolute Gasteiger partial charge is 0.573 e. The lowest BCUT2D eigenvalue weighted by Crippen LogP contribution is -2.36. The van der Waals surface area contributed by atoms with Crippen LogP contribution in [-0.4, -0.2) is 66.0 Å². The zero-order chi connectivity index (χ0) is 29.5. The van der Waals surface area contributed by atoms with Gasteiger partial charge in [0.25, 0.3) is 0 Å². The first-order valence-electron chi connectivity index (χ1n) is 12.9. The van der Waals surface area contributed by atoms with E-state index in [1.54, 1.807) is 26.2 Å². The molecule has 1 unspecified atom stereocenters. The summed E-state index contributed by atoms with van der Waals surface area (Å²) in [6.45, 7) is 5.18. The number of halogens is 3. The smallest absolute Gasteiger partial charge is 0.406 e. The van der Waals surface area contributed by atoms with Crippen molar-refractivity contribution in [2.24, 2.45) is 5.92 Å². The van der Waals surface area contributed by atoms with E-state index in [1.807, 2.05) is 13.0 Å². The number of hydrogen-bond donors (Lipinski definition) is 5. The minimum absolute atomic E-state index is 0.236. The summed E-state index contributed by atoms with van der Waals surface area (Å²) in [6.07, 6.45) is -4.22. The SMILES string of the molecule is Cc1nc(N[C@H](C)c2ccc(OC(F)(F)F)cc2)nc(N[C@@H]2C[C@H](C(C)O)[C@@H](O)[C@H]2O)c1-c1nc2cnccc2s1. The molecule has 0 saturated heterocycles. The fourth-order valence-electron chi connectivity index (χ4n) is 4.99. The van der Waals surface area contributed by atoms with Gasteiger partial charge in [-0.1, -0.05) is 12.1 Å². The summed E-state index contributed by atoms with van der Waals surface area (Å²) < 4.78 is 42.4. The molecular weight excluding hydrogens is 561 g/mol. The Morgan fingerprint density at radius 1 is 1.05 bits per heavy atom. The lowest BCUT2D eigenvalue weighted by molar-refractivity contribution is -0.274. The molecule has 1 aliphatic carbocycles. The highest BCUT2D eigenvalue weighted by atomic mass is 32.1. The van der Waals surface area contributed by atoms with E-state index < -0.39 is 36.6 Å². The van der Waals surface area contributed by atoms with Crippen molar-refractivity contribution in [3.8, 4) is 16.3 Å². The summed E-state index contributed by atoms with van der Waals surface area (Å²) in [6, 6.07) is 6.35. The number of benzene rings is 1. The minimum atomic E-state index is -4.78. The number of thiazole rings is 1. The monoisotopic (exact) mass is 590 g/mol. The van der Waals surface area contributed by atoms with E-state index in [0.29, 0.717) is 39.6 Å². The summed E-state index contributed by atoms with van der Waals surface area (Å²) >= 11 is 1.43. The van der Waals surface area contributed by atoms with Crippen LogP contribution in [0.15, 0.2) is 42.7 Å². The van der Waals surface area contributed by atoms with Crippen LogP contribution in [0, 0.1) is 12.8 Å². The van der Waals surface area contributed by atoms with Crippen LogP contribution in [-0.2, 0) is 0 Å². The molecule has 3 aromatic heterocycles. The summed E-state index contributed by atoms with van der Waals surface area (Å²) in [7, 11) is 0. The molecule has 4 aromatic rings. The highest BCUT2D eigenvalue weighted by Crippen LogP contribution is 2.39. The number of ether oxygens (including phenoxy) is 1. The van der Waals surface area contributed by atoms with E-state index in [4.69, 9.17) is 9.97 Å².